The van der Waals surface area contributed by atoms with Crippen molar-refractivity contribution < 1.29 is 9.15 Å². The van der Waals surface area contributed by atoms with E-state index in [-0.39, 0.29) is 24.0 Å². The number of ether oxygens (including phenoxy) is 1. The van der Waals surface area contributed by atoms with Gasteiger partial charge in [0.15, 0.2) is 5.96 Å². The van der Waals surface area contributed by atoms with Crippen molar-refractivity contribution >= 4 is 41.3 Å². The zero-order valence-corrected chi connectivity index (χ0v) is 18.8. The molecular formula is C18H29IN4O2S. The van der Waals surface area contributed by atoms with Gasteiger partial charge in [0.1, 0.15) is 12.0 Å². The van der Waals surface area contributed by atoms with Crippen LogP contribution >= 0.6 is 35.3 Å². The molecule has 0 unspecified atom stereocenters. The van der Waals surface area contributed by atoms with E-state index in [1.54, 1.807) is 17.6 Å². The summed E-state index contributed by atoms with van der Waals surface area (Å²) in [6.07, 6.45) is 2.62. The first kappa shape index (κ1) is 22.9. The Morgan fingerprint density at radius 3 is 2.92 bits per heavy atom. The molecule has 0 aromatic carbocycles. The number of nitrogens with zero attached hydrogens (tertiary/aromatic N) is 2. The zero-order chi connectivity index (χ0) is 17.9. The molecule has 0 saturated heterocycles. The van der Waals surface area contributed by atoms with Gasteiger partial charge in [-0.3, -0.25) is 0 Å². The Morgan fingerprint density at radius 1 is 1.38 bits per heavy atom. The smallest absolute Gasteiger partial charge is 0.236 e. The first-order chi connectivity index (χ1) is 12.2. The van der Waals surface area contributed by atoms with E-state index in [0.717, 1.165) is 49.3 Å². The highest BCUT2D eigenvalue weighted by Gasteiger charge is 2.07. The van der Waals surface area contributed by atoms with E-state index in [9.17, 15) is 0 Å². The molecule has 0 aliphatic rings. The first-order valence-electron chi connectivity index (χ1n) is 8.77. The molecule has 26 heavy (non-hydrogen) atoms. The van der Waals surface area contributed by atoms with Crippen LogP contribution in [0.1, 0.15) is 32.9 Å². The zero-order valence-electron chi connectivity index (χ0n) is 15.7. The van der Waals surface area contributed by atoms with Gasteiger partial charge in [0.2, 0.25) is 5.89 Å². The van der Waals surface area contributed by atoms with Gasteiger partial charge in [-0.15, -0.1) is 35.3 Å². The molecule has 0 radical (unpaired) electrons. The lowest BCUT2D eigenvalue weighted by molar-refractivity contribution is 0.108. The van der Waals surface area contributed by atoms with Crippen LogP contribution in [0, 0.1) is 5.92 Å². The molecule has 2 N–H and O–H groups in total. The largest absolute Gasteiger partial charge is 0.443 e. The summed E-state index contributed by atoms with van der Waals surface area (Å²) in [5.74, 6) is 2.01. The molecule has 0 saturated carbocycles. The van der Waals surface area contributed by atoms with Crippen molar-refractivity contribution in [3.05, 3.63) is 29.5 Å². The van der Waals surface area contributed by atoms with E-state index in [2.05, 4.69) is 34.5 Å². The number of nitrogens with one attached hydrogen (secondary N) is 2. The first-order valence-corrected chi connectivity index (χ1v) is 9.65. The quantitative estimate of drug-likeness (QED) is 0.226. The SMILES string of the molecule is CCNC(=NCc1coc(-c2cccs2)n1)NCCCOCC(C)C.I. The van der Waals surface area contributed by atoms with Crippen LogP contribution < -0.4 is 10.6 Å². The Bertz CT molecular complexity index is 629. The number of hydrogen-bond acceptors (Lipinski definition) is 5. The number of guanidine groups is 1. The summed E-state index contributed by atoms with van der Waals surface area (Å²) in [7, 11) is 0. The molecule has 0 spiro atoms. The molecule has 8 heteroatoms. The molecule has 0 fully saturated rings. The maximum Gasteiger partial charge on any atom is 0.236 e. The van der Waals surface area contributed by atoms with Gasteiger partial charge in [-0.2, -0.15) is 0 Å². The summed E-state index contributed by atoms with van der Waals surface area (Å²) < 4.78 is 11.1. The minimum absolute atomic E-state index is 0. The molecule has 0 aliphatic heterocycles. The molecular weight excluding hydrogens is 463 g/mol. The minimum Gasteiger partial charge on any atom is -0.443 e. The van der Waals surface area contributed by atoms with Gasteiger partial charge >= 0.3 is 0 Å². The molecule has 146 valence electrons. The van der Waals surface area contributed by atoms with Crippen LogP contribution in [0.5, 0.6) is 0 Å². The molecule has 0 bridgehead atoms. The molecule has 6 nitrogen and oxygen atoms in total. The van der Waals surface area contributed by atoms with Crippen LogP contribution in [-0.4, -0.2) is 37.2 Å². The van der Waals surface area contributed by atoms with E-state index in [1.165, 1.54) is 0 Å². The summed E-state index contributed by atoms with van der Waals surface area (Å²) in [6.45, 7) is 10.1. The predicted molar refractivity (Wildman–Crippen MR) is 118 cm³/mol. The second-order valence-electron chi connectivity index (χ2n) is 6.07. The lowest BCUT2D eigenvalue weighted by Gasteiger charge is -2.11. The third-order valence-corrected chi connectivity index (χ3v) is 4.09. The second-order valence-corrected chi connectivity index (χ2v) is 7.01. The maximum atomic E-state index is 5.58. The van der Waals surface area contributed by atoms with Gasteiger partial charge in [-0.25, -0.2) is 9.98 Å². The molecule has 2 aromatic rings. The number of oxazole rings is 1. The van der Waals surface area contributed by atoms with Crippen LogP contribution in [0.3, 0.4) is 0 Å². The van der Waals surface area contributed by atoms with Crippen molar-refractivity contribution in [1.29, 1.82) is 0 Å². The molecule has 2 aromatic heterocycles. The van der Waals surface area contributed by atoms with Crippen LogP contribution in [0.2, 0.25) is 0 Å². The predicted octanol–water partition coefficient (Wildman–Crippen LogP) is 4.14. The number of hydrogen-bond donors (Lipinski definition) is 2. The standard InChI is InChI=1S/C18H28N4O2S.HI/c1-4-19-18(20-8-6-9-23-12-14(2)3)21-11-15-13-24-17(22-15)16-7-5-10-25-16;/h5,7,10,13-14H,4,6,8-9,11-12H2,1-3H3,(H2,19,20,21);1H. The number of rotatable bonds is 10. The highest BCUT2D eigenvalue weighted by molar-refractivity contribution is 14.0. The van der Waals surface area contributed by atoms with Crippen LogP contribution in [0.15, 0.2) is 33.2 Å². The molecule has 0 amide bonds. The Hall–Kier alpha value is -1.13. The Morgan fingerprint density at radius 2 is 2.23 bits per heavy atom. The van der Waals surface area contributed by atoms with Gasteiger partial charge < -0.3 is 19.8 Å². The van der Waals surface area contributed by atoms with E-state index < -0.39 is 0 Å². The van der Waals surface area contributed by atoms with E-state index in [1.807, 2.05) is 24.4 Å². The van der Waals surface area contributed by atoms with Crippen molar-refractivity contribution in [3.63, 3.8) is 0 Å². The molecule has 0 aliphatic carbocycles. The fraction of sp³-hybridized carbons (Fsp3) is 0.556. The fourth-order valence-electron chi connectivity index (χ4n) is 2.09. The van der Waals surface area contributed by atoms with Crippen LogP contribution in [-0.2, 0) is 11.3 Å². The van der Waals surface area contributed by atoms with Gasteiger partial charge in [0, 0.05) is 26.3 Å². The summed E-state index contributed by atoms with van der Waals surface area (Å²) in [4.78, 5) is 10.1. The maximum absolute atomic E-state index is 5.58. The lowest BCUT2D eigenvalue weighted by atomic mass is 10.2. The normalized spacial score (nSPS) is 11.5. The molecule has 2 rings (SSSR count). The average molecular weight is 492 g/mol. The molecule has 0 atom stereocenters. The van der Waals surface area contributed by atoms with Gasteiger partial charge in [-0.1, -0.05) is 19.9 Å². The van der Waals surface area contributed by atoms with Crippen LogP contribution in [0.25, 0.3) is 10.8 Å². The van der Waals surface area contributed by atoms with E-state index in [0.29, 0.717) is 18.4 Å². The third kappa shape index (κ3) is 8.50. The third-order valence-electron chi connectivity index (χ3n) is 3.24. The topological polar surface area (TPSA) is 71.7 Å². The lowest BCUT2D eigenvalue weighted by Crippen LogP contribution is -2.38. The van der Waals surface area contributed by atoms with E-state index in [4.69, 9.17) is 9.15 Å². The van der Waals surface area contributed by atoms with E-state index >= 15 is 0 Å². The second kappa shape index (κ2) is 13.1. The van der Waals surface area contributed by atoms with Crippen molar-refractivity contribution in [3.8, 4) is 10.8 Å². The van der Waals surface area contributed by atoms with Crippen molar-refractivity contribution in [2.24, 2.45) is 10.9 Å². The summed E-state index contributed by atoms with van der Waals surface area (Å²) in [5.41, 5.74) is 0.820. The Kier molecular flexibility index (Phi) is 11.5. The van der Waals surface area contributed by atoms with Gasteiger partial charge in [0.25, 0.3) is 0 Å². The van der Waals surface area contributed by atoms with Gasteiger partial charge in [-0.05, 0) is 30.7 Å². The van der Waals surface area contributed by atoms with Gasteiger partial charge in [0.05, 0.1) is 11.4 Å². The average Bonchev–Trinajstić information content (AvgIpc) is 3.26. The summed E-state index contributed by atoms with van der Waals surface area (Å²) >= 11 is 1.61. The number of aromatic nitrogens is 1. The number of halogens is 1. The van der Waals surface area contributed by atoms with Crippen molar-refractivity contribution in [1.82, 2.24) is 15.6 Å². The fourth-order valence-corrected chi connectivity index (χ4v) is 2.75. The minimum atomic E-state index is 0. The monoisotopic (exact) mass is 492 g/mol. The summed E-state index contributed by atoms with van der Waals surface area (Å²) in [5, 5.41) is 8.56. The highest BCUT2D eigenvalue weighted by Crippen LogP contribution is 2.23. The van der Waals surface area contributed by atoms with Crippen molar-refractivity contribution in [2.45, 2.75) is 33.7 Å². The summed E-state index contributed by atoms with van der Waals surface area (Å²) in [6, 6.07) is 3.98. The van der Waals surface area contributed by atoms with Crippen LogP contribution in [0.4, 0.5) is 0 Å². The number of aliphatic imine (C=N–C) groups is 1. The number of thiophene rings is 1. The Labute approximate surface area is 176 Å². The van der Waals surface area contributed by atoms with Crippen molar-refractivity contribution in [2.75, 3.05) is 26.3 Å². The highest BCUT2D eigenvalue weighted by atomic mass is 127. The molecule has 2 heterocycles. The Balaban J connectivity index is 0.00000338.